The SMILES string of the molecule is CCn1cnc(C(=O)N2CCC2CNC(=O)c2ccc3ccncc3c2)n1. The van der Waals surface area contributed by atoms with Gasteiger partial charge in [-0.25, -0.2) is 4.98 Å². The average molecular weight is 364 g/mol. The lowest BCUT2D eigenvalue weighted by Gasteiger charge is -2.40. The van der Waals surface area contributed by atoms with Crippen LogP contribution in [0.15, 0.2) is 43.0 Å². The number of pyridine rings is 1. The Kier molecular flexibility index (Phi) is 4.53. The first-order valence-electron chi connectivity index (χ1n) is 8.98. The number of carbonyl (C=O) groups excluding carboxylic acids is 2. The van der Waals surface area contributed by atoms with Crippen LogP contribution in [0, 0.1) is 0 Å². The van der Waals surface area contributed by atoms with Crippen LogP contribution < -0.4 is 5.32 Å². The van der Waals surface area contributed by atoms with Crippen LogP contribution in [-0.4, -0.2) is 55.6 Å². The molecule has 1 aliphatic heterocycles. The molecule has 2 aromatic heterocycles. The van der Waals surface area contributed by atoms with Gasteiger partial charge >= 0.3 is 0 Å². The third-order valence-corrected chi connectivity index (χ3v) is 4.86. The second-order valence-electron chi connectivity index (χ2n) is 6.51. The van der Waals surface area contributed by atoms with Crippen LogP contribution in [0.1, 0.15) is 34.3 Å². The number of likely N-dealkylation sites (tertiary alicyclic amines) is 1. The van der Waals surface area contributed by atoms with E-state index in [0.29, 0.717) is 25.2 Å². The summed E-state index contributed by atoms with van der Waals surface area (Å²) in [6, 6.07) is 7.40. The maximum absolute atomic E-state index is 12.5. The number of hydrogen-bond acceptors (Lipinski definition) is 5. The minimum atomic E-state index is -0.190. The molecule has 1 N–H and O–H groups in total. The predicted octanol–water partition coefficient (Wildman–Crippen LogP) is 1.49. The summed E-state index contributed by atoms with van der Waals surface area (Å²) in [5.41, 5.74) is 0.580. The zero-order chi connectivity index (χ0) is 18.8. The highest BCUT2D eigenvalue weighted by molar-refractivity contribution is 5.98. The van der Waals surface area contributed by atoms with E-state index < -0.39 is 0 Å². The van der Waals surface area contributed by atoms with Gasteiger partial charge in [0.2, 0.25) is 5.82 Å². The van der Waals surface area contributed by atoms with Crippen molar-refractivity contribution in [2.24, 2.45) is 0 Å². The molecule has 0 spiro atoms. The van der Waals surface area contributed by atoms with E-state index in [-0.39, 0.29) is 23.7 Å². The van der Waals surface area contributed by atoms with Crippen molar-refractivity contribution < 1.29 is 9.59 Å². The summed E-state index contributed by atoms with van der Waals surface area (Å²) >= 11 is 0. The number of carbonyl (C=O) groups is 2. The molecule has 1 fully saturated rings. The van der Waals surface area contributed by atoms with Crippen molar-refractivity contribution in [2.75, 3.05) is 13.1 Å². The number of fused-ring (bicyclic) bond motifs is 1. The van der Waals surface area contributed by atoms with Gasteiger partial charge in [-0.3, -0.25) is 19.3 Å². The van der Waals surface area contributed by atoms with Crippen LogP contribution in [0.4, 0.5) is 0 Å². The second-order valence-corrected chi connectivity index (χ2v) is 6.51. The summed E-state index contributed by atoms with van der Waals surface area (Å²) in [4.78, 5) is 34.8. The average Bonchev–Trinajstić information content (AvgIpc) is 3.16. The number of amides is 2. The molecule has 3 heterocycles. The first-order valence-corrected chi connectivity index (χ1v) is 8.98. The van der Waals surface area contributed by atoms with Crippen LogP contribution in [0.25, 0.3) is 10.8 Å². The summed E-state index contributed by atoms with van der Waals surface area (Å²) < 4.78 is 1.62. The van der Waals surface area contributed by atoms with Gasteiger partial charge in [-0.15, -0.1) is 5.10 Å². The number of nitrogens with one attached hydrogen (secondary N) is 1. The van der Waals surface area contributed by atoms with Crippen molar-refractivity contribution in [3.8, 4) is 0 Å². The highest BCUT2D eigenvalue weighted by Crippen LogP contribution is 2.19. The van der Waals surface area contributed by atoms with Crippen LogP contribution in [-0.2, 0) is 6.54 Å². The van der Waals surface area contributed by atoms with Gasteiger partial charge in [-0.2, -0.15) is 0 Å². The molecule has 1 atom stereocenters. The lowest BCUT2D eigenvalue weighted by atomic mass is 10.0. The minimum Gasteiger partial charge on any atom is -0.350 e. The van der Waals surface area contributed by atoms with E-state index in [4.69, 9.17) is 0 Å². The van der Waals surface area contributed by atoms with Gasteiger partial charge in [0, 0.05) is 43.0 Å². The van der Waals surface area contributed by atoms with Crippen molar-refractivity contribution in [2.45, 2.75) is 25.9 Å². The molecule has 0 radical (unpaired) electrons. The Balaban J connectivity index is 1.37. The van der Waals surface area contributed by atoms with E-state index in [0.717, 1.165) is 17.2 Å². The van der Waals surface area contributed by atoms with Crippen molar-refractivity contribution >= 4 is 22.6 Å². The smallest absolute Gasteiger partial charge is 0.293 e. The van der Waals surface area contributed by atoms with Gasteiger partial charge in [-0.1, -0.05) is 6.07 Å². The first kappa shape index (κ1) is 17.1. The van der Waals surface area contributed by atoms with Crippen molar-refractivity contribution in [3.63, 3.8) is 0 Å². The minimum absolute atomic E-state index is 0.0304. The van der Waals surface area contributed by atoms with Gasteiger partial charge in [0.05, 0.1) is 6.04 Å². The van der Waals surface area contributed by atoms with E-state index >= 15 is 0 Å². The third-order valence-electron chi connectivity index (χ3n) is 4.86. The molecule has 8 nitrogen and oxygen atoms in total. The highest BCUT2D eigenvalue weighted by Gasteiger charge is 2.34. The summed E-state index contributed by atoms with van der Waals surface area (Å²) in [6.45, 7) is 3.67. The van der Waals surface area contributed by atoms with Crippen LogP contribution in [0.5, 0.6) is 0 Å². The Hall–Kier alpha value is -3.29. The topological polar surface area (TPSA) is 93.0 Å². The lowest BCUT2D eigenvalue weighted by Crippen LogP contribution is -2.56. The number of nitrogens with zero attached hydrogens (tertiary/aromatic N) is 5. The monoisotopic (exact) mass is 364 g/mol. The number of hydrogen-bond donors (Lipinski definition) is 1. The molecule has 1 aromatic carbocycles. The molecule has 27 heavy (non-hydrogen) atoms. The Morgan fingerprint density at radius 2 is 2.15 bits per heavy atom. The van der Waals surface area contributed by atoms with Crippen molar-refractivity contribution in [1.29, 1.82) is 0 Å². The lowest BCUT2D eigenvalue weighted by molar-refractivity contribution is 0.0443. The molecule has 1 unspecified atom stereocenters. The van der Waals surface area contributed by atoms with E-state index in [9.17, 15) is 9.59 Å². The van der Waals surface area contributed by atoms with Crippen LogP contribution >= 0.6 is 0 Å². The predicted molar refractivity (Wildman–Crippen MR) is 99.2 cm³/mol. The molecule has 1 saturated heterocycles. The molecule has 1 aliphatic rings. The number of aromatic nitrogens is 4. The summed E-state index contributed by atoms with van der Waals surface area (Å²) in [5.74, 6) is -0.146. The standard InChI is InChI=1S/C19H20N6O2/c1-2-24-12-22-17(23-24)19(27)25-8-6-16(25)11-21-18(26)14-4-3-13-5-7-20-10-15(13)9-14/h3-5,7,9-10,12,16H,2,6,8,11H2,1H3,(H,21,26). The molecular weight excluding hydrogens is 344 g/mol. The summed E-state index contributed by atoms with van der Waals surface area (Å²) in [6.07, 6.45) is 5.87. The Bertz CT molecular complexity index is 999. The van der Waals surface area contributed by atoms with E-state index in [1.807, 2.05) is 25.1 Å². The molecule has 0 bridgehead atoms. The molecule has 0 aliphatic carbocycles. The Labute approximate surface area is 156 Å². The summed E-state index contributed by atoms with van der Waals surface area (Å²) in [7, 11) is 0. The number of rotatable bonds is 5. The van der Waals surface area contributed by atoms with Gasteiger partial charge in [-0.05, 0) is 36.9 Å². The number of aryl methyl sites for hydroxylation is 1. The van der Waals surface area contributed by atoms with E-state index in [1.54, 1.807) is 34.4 Å². The quantitative estimate of drug-likeness (QED) is 0.740. The zero-order valence-corrected chi connectivity index (χ0v) is 15.0. The molecule has 2 amide bonds. The van der Waals surface area contributed by atoms with Crippen molar-refractivity contribution in [1.82, 2.24) is 30.0 Å². The van der Waals surface area contributed by atoms with Crippen molar-refractivity contribution in [3.05, 3.63) is 54.4 Å². The molecule has 0 saturated carbocycles. The van der Waals surface area contributed by atoms with Gasteiger partial charge < -0.3 is 10.2 Å². The van der Waals surface area contributed by atoms with Crippen LogP contribution in [0.3, 0.4) is 0 Å². The molecule has 3 aromatic rings. The van der Waals surface area contributed by atoms with Gasteiger partial charge in [0.15, 0.2) is 0 Å². The van der Waals surface area contributed by atoms with Crippen LogP contribution in [0.2, 0.25) is 0 Å². The Morgan fingerprint density at radius 1 is 1.26 bits per heavy atom. The normalized spacial score (nSPS) is 16.2. The fourth-order valence-electron chi connectivity index (χ4n) is 3.13. The molecule has 138 valence electrons. The molecular formula is C19H20N6O2. The maximum Gasteiger partial charge on any atom is 0.293 e. The number of benzene rings is 1. The second kappa shape index (κ2) is 7.14. The van der Waals surface area contributed by atoms with E-state index in [1.165, 1.54) is 0 Å². The zero-order valence-electron chi connectivity index (χ0n) is 15.0. The molecule has 8 heteroatoms. The first-order chi connectivity index (χ1) is 13.2. The summed E-state index contributed by atoms with van der Waals surface area (Å²) in [5, 5.41) is 9.04. The maximum atomic E-state index is 12.5. The van der Waals surface area contributed by atoms with E-state index in [2.05, 4.69) is 20.4 Å². The van der Waals surface area contributed by atoms with Gasteiger partial charge in [0.1, 0.15) is 6.33 Å². The Morgan fingerprint density at radius 3 is 2.89 bits per heavy atom. The highest BCUT2D eigenvalue weighted by atomic mass is 16.2. The fraction of sp³-hybridized carbons (Fsp3) is 0.316. The largest absolute Gasteiger partial charge is 0.350 e. The fourth-order valence-corrected chi connectivity index (χ4v) is 3.13. The molecule has 4 rings (SSSR count). The third kappa shape index (κ3) is 3.38. The van der Waals surface area contributed by atoms with Gasteiger partial charge in [0.25, 0.3) is 11.8 Å².